The number of nitrogens with two attached hydrogens (primary N) is 1. The van der Waals surface area contributed by atoms with E-state index < -0.39 is 0 Å². The maximum atomic E-state index is 9.74. The molecule has 32 heavy (non-hydrogen) atoms. The van der Waals surface area contributed by atoms with Gasteiger partial charge in [-0.2, -0.15) is 5.26 Å². The zero-order chi connectivity index (χ0) is 22.7. The van der Waals surface area contributed by atoms with Gasteiger partial charge in [0, 0.05) is 66.6 Å². The molecule has 0 bridgehead atoms. The quantitative estimate of drug-likeness (QED) is 0.592. The standard InChI is InChI=1S/C25H25N5O2/c1-16-24-22-8-5-18(20(13-27)14-28-2)11-23(22)30(21-6-3-17(12-26)4-7-21)15-19(9-10-31)25(24)32-29-16/h3-8,11,13-14,19,31H,9-10,15,27H2,1-2H3/b20-13+,28-14?. The molecule has 1 unspecified atom stereocenters. The lowest BCUT2D eigenvalue weighted by molar-refractivity contribution is 0.261. The maximum Gasteiger partial charge on any atom is 0.149 e. The van der Waals surface area contributed by atoms with Gasteiger partial charge in [0.2, 0.25) is 0 Å². The number of aliphatic hydroxyl groups excluding tert-OH is 1. The average molecular weight is 428 g/mol. The summed E-state index contributed by atoms with van der Waals surface area (Å²) in [6.07, 6.45) is 3.82. The summed E-state index contributed by atoms with van der Waals surface area (Å²) in [4.78, 5) is 6.32. The molecular formula is C25H25N5O2. The predicted molar refractivity (Wildman–Crippen MR) is 126 cm³/mol. The Bertz CT molecular complexity index is 1220. The smallest absolute Gasteiger partial charge is 0.149 e. The Morgan fingerprint density at radius 2 is 2.12 bits per heavy atom. The normalized spacial score (nSPS) is 15.9. The minimum Gasteiger partial charge on any atom is -0.404 e. The van der Waals surface area contributed by atoms with E-state index in [0.29, 0.717) is 18.5 Å². The molecule has 1 aromatic heterocycles. The van der Waals surface area contributed by atoms with Gasteiger partial charge in [0.15, 0.2) is 0 Å². The van der Waals surface area contributed by atoms with Crippen LogP contribution in [0.3, 0.4) is 0 Å². The summed E-state index contributed by atoms with van der Waals surface area (Å²) in [5.41, 5.74) is 12.9. The van der Waals surface area contributed by atoms with Crippen LogP contribution in [0.25, 0.3) is 16.7 Å². The number of benzene rings is 2. The van der Waals surface area contributed by atoms with E-state index in [1.54, 1.807) is 19.5 Å². The lowest BCUT2D eigenvalue weighted by atomic mass is 9.94. The Balaban J connectivity index is 1.96. The van der Waals surface area contributed by atoms with Crippen LogP contribution in [-0.2, 0) is 0 Å². The van der Waals surface area contributed by atoms with Gasteiger partial charge in [0.05, 0.1) is 17.3 Å². The molecule has 0 saturated heterocycles. The van der Waals surface area contributed by atoms with Crippen LogP contribution in [0.1, 0.15) is 34.9 Å². The minimum absolute atomic E-state index is 0.0414. The molecule has 0 spiro atoms. The summed E-state index contributed by atoms with van der Waals surface area (Å²) >= 11 is 0. The lowest BCUT2D eigenvalue weighted by Crippen LogP contribution is -2.23. The SMILES string of the molecule is CN=C/C(=C\N)c1ccc2c(c1)N(c1ccc(C#N)cc1)CC(CCO)c1onc(C)c1-2. The van der Waals surface area contributed by atoms with E-state index >= 15 is 0 Å². The molecule has 0 fully saturated rings. The van der Waals surface area contributed by atoms with Crippen molar-refractivity contribution in [3.63, 3.8) is 0 Å². The Labute approximate surface area is 187 Å². The second-order valence-electron chi connectivity index (χ2n) is 7.73. The van der Waals surface area contributed by atoms with Crippen molar-refractivity contribution < 1.29 is 9.63 Å². The third-order valence-electron chi connectivity index (χ3n) is 5.79. The van der Waals surface area contributed by atoms with E-state index in [1.165, 1.54) is 0 Å². The number of rotatable bonds is 5. The van der Waals surface area contributed by atoms with Gasteiger partial charge in [-0.25, -0.2) is 0 Å². The number of nitriles is 1. The largest absolute Gasteiger partial charge is 0.404 e. The third kappa shape index (κ3) is 3.77. The van der Waals surface area contributed by atoms with Crippen molar-refractivity contribution in [2.75, 3.05) is 25.1 Å². The fraction of sp³-hybridized carbons (Fsp3) is 0.240. The Kier molecular flexibility index (Phi) is 6.06. The van der Waals surface area contributed by atoms with E-state index in [2.05, 4.69) is 33.3 Å². The van der Waals surface area contributed by atoms with E-state index in [4.69, 9.17) is 10.3 Å². The highest BCUT2D eigenvalue weighted by Crippen LogP contribution is 2.46. The molecule has 0 radical (unpaired) electrons. The summed E-state index contributed by atoms with van der Waals surface area (Å²) in [7, 11) is 1.71. The molecule has 3 N–H and O–H groups in total. The predicted octanol–water partition coefficient (Wildman–Crippen LogP) is 4.14. The highest BCUT2D eigenvalue weighted by atomic mass is 16.5. The molecule has 7 heteroatoms. The molecule has 4 rings (SSSR count). The number of fused-ring (bicyclic) bond motifs is 3. The van der Waals surface area contributed by atoms with Crippen LogP contribution in [0.15, 0.2) is 58.2 Å². The zero-order valence-corrected chi connectivity index (χ0v) is 18.1. The highest BCUT2D eigenvalue weighted by molar-refractivity contribution is 6.10. The highest BCUT2D eigenvalue weighted by Gasteiger charge is 2.32. The second kappa shape index (κ2) is 9.08. The monoisotopic (exact) mass is 427 g/mol. The molecule has 1 atom stereocenters. The number of nitrogens with zero attached hydrogens (tertiary/aromatic N) is 4. The molecule has 3 aromatic rings. The van der Waals surface area contributed by atoms with E-state index in [0.717, 1.165) is 45.1 Å². The number of aromatic nitrogens is 1. The summed E-state index contributed by atoms with van der Waals surface area (Å²) < 4.78 is 5.76. The summed E-state index contributed by atoms with van der Waals surface area (Å²) in [6, 6.07) is 15.8. The van der Waals surface area contributed by atoms with Crippen molar-refractivity contribution in [3.05, 3.63) is 71.2 Å². The van der Waals surface area contributed by atoms with Crippen LogP contribution in [0.4, 0.5) is 11.4 Å². The van der Waals surface area contributed by atoms with Crippen LogP contribution in [0.5, 0.6) is 0 Å². The number of hydrogen-bond donors (Lipinski definition) is 2. The summed E-state index contributed by atoms with van der Waals surface area (Å²) in [5, 5.41) is 23.2. The first-order chi connectivity index (χ1) is 15.6. The Hall–Kier alpha value is -3.89. The van der Waals surface area contributed by atoms with Crippen LogP contribution >= 0.6 is 0 Å². The van der Waals surface area contributed by atoms with Crippen molar-refractivity contribution >= 4 is 23.2 Å². The first-order valence-corrected chi connectivity index (χ1v) is 10.4. The number of aliphatic imine (C=N–C) groups is 1. The number of aliphatic hydroxyl groups is 1. The Morgan fingerprint density at radius 3 is 2.78 bits per heavy atom. The fourth-order valence-electron chi connectivity index (χ4n) is 4.23. The molecule has 1 aliphatic heterocycles. The molecule has 162 valence electrons. The topological polar surface area (TPSA) is 112 Å². The number of aryl methyl sites for hydroxylation is 1. The van der Waals surface area contributed by atoms with Crippen molar-refractivity contribution in [2.24, 2.45) is 10.7 Å². The lowest BCUT2D eigenvalue weighted by Gasteiger charge is -2.28. The number of allylic oxidation sites excluding steroid dienone is 1. The van der Waals surface area contributed by atoms with Gasteiger partial charge >= 0.3 is 0 Å². The number of hydrogen-bond acceptors (Lipinski definition) is 7. The fourth-order valence-corrected chi connectivity index (χ4v) is 4.23. The van der Waals surface area contributed by atoms with Crippen LogP contribution in [0.2, 0.25) is 0 Å². The molecule has 0 aliphatic carbocycles. The van der Waals surface area contributed by atoms with Crippen LogP contribution in [0, 0.1) is 18.3 Å². The van der Waals surface area contributed by atoms with Crippen LogP contribution < -0.4 is 10.6 Å². The van der Waals surface area contributed by atoms with Crippen molar-refractivity contribution in [1.82, 2.24) is 5.16 Å². The third-order valence-corrected chi connectivity index (χ3v) is 5.79. The van der Waals surface area contributed by atoms with E-state index in [1.807, 2.05) is 37.3 Å². The van der Waals surface area contributed by atoms with Gasteiger partial charge in [0.25, 0.3) is 0 Å². The van der Waals surface area contributed by atoms with Gasteiger partial charge in [-0.1, -0.05) is 17.3 Å². The molecule has 7 nitrogen and oxygen atoms in total. The van der Waals surface area contributed by atoms with Gasteiger partial charge < -0.3 is 20.3 Å². The maximum absolute atomic E-state index is 9.74. The molecule has 0 amide bonds. The van der Waals surface area contributed by atoms with Crippen molar-refractivity contribution in [3.8, 4) is 17.2 Å². The minimum atomic E-state index is -0.0515. The summed E-state index contributed by atoms with van der Waals surface area (Å²) in [6.45, 7) is 2.57. The van der Waals surface area contributed by atoms with Gasteiger partial charge in [-0.3, -0.25) is 4.99 Å². The molecular weight excluding hydrogens is 402 g/mol. The number of anilines is 2. The van der Waals surface area contributed by atoms with Crippen molar-refractivity contribution in [1.29, 1.82) is 5.26 Å². The Morgan fingerprint density at radius 1 is 1.34 bits per heavy atom. The average Bonchev–Trinajstić information content (AvgIpc) is 3.14. The van der Waals surface area contributed by atoms with Gasteiger partial charge in [-0.05, 0) is 49.2 Å². The molecule has 2 heterocycles. The van der Waals surface area contributed by atoms with Crippen LogP contribution in [-0.4, -0.2) is 36.7 Å². The summed E-state index contributed by atoms with van der Waals surface area (Å²) in [5.74, 6) is 0.732. The van der Waals surface area contributed by atoms with Crippen molar-refractivity contribution in [2.45, 2.75) is 19.3 Å². The van der Waals surface area contributed by atoms with Gasteiger partial charge in [-0.15, -0.1) is 0 Å². The first kappa shape index (κ1) is 21.3. The zero-order valence-electron chi connectivity index (χ0n) is 18.1. The van der Waals surface area contributed by atoms with E-state index in [9.17, 15) is 10.4 Å². The molecule has 1 aliphatic rings. The van der Waals surface area contributed by atoms with Gasteiger partial charge in [0.1, 0.15) is 5.76 Å². The van der Waals surface area contributed by atoms with E-state index in [-0.39, 0.29) is 12.5 Å². The molecule has 0 saturated carbocycles. The second-order valence-corrected chi connectivity index (χ2v) is 7.73. The first-order valence-electron chi connectivity index (χ1n) is 10.4. The molecule has 2 aromatic carbocycles.